The molecular weight excluding hydrogens is 268 g/mol. The molecule has 0 spiro atoms. The van der Waals surface area contributed by atoms with Gasteiger partial charge in [-0.15, -0.1) is 11.3 Å². The van der Waals surface area contributed by atoms with E-state index < -0.39 is 0 Å². The van der Waals surface area contributed by atoms with Gasteiger partial charge in [-0.3, -0.25) is 4.98 Å². The molecule has 0 aliphatic heterocycles. The first-order valence-corrected chi connectivity index (χ1v) is 7.34. The number of fused-ring (bicyclic) bond motifs is 1. The normalized spacial score (nSPS) is 12.5. The fourth-order valence-electron chi connectivity index (χ4n) is 2.16. The van der Waals surface area contributed by atoms with Crippen LogP contribution in [0.5, 0.6) is 0 Å². The summed E-state index contributed by atoms with van der Waals surface area (Å²) in [6, 6.07) is 7.93. The first-order chi connectivity index (χ1) is 9.63. The van der Waals surface area contributed by atoms with Crippen molar-refractivity contribution in [1.82, 2.24) is 9.97 Å². The van der Waals surface area contributed by atoms with E-state index in [0.29, 0.717) is 0 Å². The Balaban J connectivity index is 1.94. The molecule has 0 aliphatic rings. The van der Waals surface area contributed by atoms with Crippen LogP contribution in [-0.2, 0) is 0 Å². The third-order valence-corrected chi connectivity index (χ3v) is 4.29. The number of nitrogens with zero attached hydrogens (tertiary/aromatic N) is 2. The Bertz CT molecular complexity index is 750. The Labute approximate surface area is 121 Å². The summed E-state index contributed by atoms with van der Waals surface area (Å²) in [6.07, 6.45) is 1.80. The van der Waals surface area contributed by atoms with Gasteiger partial charge in [-0.25, -0.2) is 4.98 Å². The summed E-state index contributed by atoms with van der Waals surface area (Å²) < 4.78 is 0. The molecule has 1 aromatic carbocycles. The number of nitrogens with one attached hydrogen (secondary N) is 1. The summed E-state index contributed by atoms with van der Waals surface area (Å²) in [6.45, 7) is 4.12. The fraction of sp³-hybridized carbons (Fsp3) is 0.200. The fourth-order valence-corrected chi connectivity index (χ4v) is 2.96. The number of anilines is 2. The second-order valence-corrected chi connectivity index (χ2v) is 5.72. The minimum absolute atomic E-state index is 0.164. The monoisotopic (exact) mass is 284 g/mol. The highest BCUT2D eigenvalue weighted by atomic mass is 32.1. The molecule has 0 saturated carbocycles. The number of pyridine rings is 1. The quantitative estimate of drug-likeness (QED) is 0.719. The Morgan fingerprint density at radius 3 is 2.90 bits per heavy atom. The lowest BCUT2D eigenvalue weighted by Crippen LogP contribution is -2.07. The molecule has 2 aromatic heterocycles. The maximum Gasteiger partial charge on any atom is 0.115 e. The molecule has 1 atom stereocenters. The maximum atomic E-state index is 5.80. The SMILES string of the molecule is Cc1csc(C(C)Nc2ccnc3cc(N)ccc23)n1. The molecule has 0 aliphatic carbocycles. The number of hydrogen-bond donors (Lipinski definition) is 2. The van der Waals surface area contributed by atoms with Crippen LogP contribution >= 0.6 is 11.3 Å². The third-order valence-electron chi connectivity index (χ3n) is 3.15. The molecule has 4 nitrogen and oxygen atoms in total. The predicted molar refractivity (Wildman–Crippen MR) is 85.0 cm³/mol. The highest BCUT2D eigenvalue weighted by Crippen LogP contribution is 2.28. The van der Waals surface area contributed by atoms with Crippen LogP contribution in [0.2, 0.25) is 0 Å². The van der Waals surface area contributed by atoms with Gasteiger partial charge in [0.2, 0.25) is 0 Å². The van der Waals surface area contributed by atoms with Gasteiger partial charge >= 0.3 is 0 Å². The minimum atomic E-state index is 0.164. The van der Waals surface area contributed by atoms with Crippen LogP contribution in [0.1, 0.15) is 23.7 Å². The lowest BCUT2D eigenvalue weighted by molar-refractivity contribution is 0.865. The van der Waals surface area contributed by atoms with Crippen LogP contribution < -0.4 is 11.1 Å². The van der Waals surface area contributed by atoms with Crippen molar-refractivity contribution in [3.05, 3.63) is 46.5 Å². The van der Waals surface area contributed by atoms with E-state index in [0.717, 1.165) is 33.0 Å². The number of nitrogens with two attached hydrogens (primary N) is 1. The van der Waals surface area contributed by atoms with Gasteiger partial charge in [-0.2, -0.15) is 0 Å². The Kier molecular flexibility index (Phi) is 3.28. The molecular formula is C15H16N4S. The zero-order valence-corrected chi connectivity index (χ0v) is 12.2. The lowest BCUT2D eigenvalue weighted by Gasteiger charge is -2.14. The molecule has 2 heterocycles. The maximum absolute atomic E-state index is 5.80. The highest BCUT2D eigenvalue weighted by Gasteiger charge is 2.11. The van der Waals surface area contributed by atoms with E-state index in [-0.39, 0.29) is 6.04 Å². The molecule has 102 valence electrons. The van der Waals surface area contributed by atoms with Crippen molar-refractivity contribution in [1.29, 1.82) is 0 Å². The standard InChI is InChI=1S/C15H16N4S/c1-9-8-20-15(18-9)10(2)19-13-5-6-17-14-7-11(16)3-4-12(13)14/h3-8,10H,16H2,1-2H3,(H,17,19). The van der Waals surface area contributed by atoms with Crippen LogP contribution in [0.15, 0.2) is 35.8 Å². The molecule has 3 N–H and O–H groups in total. The average molecular weight is 284 g/mol. The molecule has 0 radical (unpaired) electrons. The van der Waals surface area contributed by atoms with Gasteiger partial charge in [0.15, 0.2) is 0 Å². The lowest BCUT2D eigenvalue weighted by atomic mass is 10.1. The van der Waals surface area contributed by atoms with Crippen molar-refractivity contribution >= 4 is 33.6 Å². The Morgan fingerprint density at radius 1 is 1.30 bits per heavy atom. The molecule has 0 fully saturated rings. The number of aryl methyl sites for hydroxylation is 1. The number of benzene rings is 1. The second-order valence-electron chi connectivity index (χ2n) is 4.83. The molecule has 3 rings (SSSR count). The first kappa shape index (κ1) is 12.9. The number of hydrogen-bond acceptors (Lipinski definition) is 5. The van der Waals surface area contributed by atoms with Crippen molar-refractivity contribution in [2.75, 3.05) is 11.1 Å². The number of nitrogen functional groups attached to an aromatic ring is 1. The van der Waals surface area contributed by atoms with Gasteiger partial charge in [0.05, 0.1) is 11.6 Å². The second kappa shape index (κ2) is 5.09. The number of rotatable bonds is 3. The first-order valence-electron chi connectivity index (χ1n) is 6.46. The van der Waals surface area contributed by atoms with Gasteiger partial charge in [-0.1, -0.05) is 0 Å². The van der Waals surface area contributed by atoms with E-state index in [9.17, 15) is 0 Å². The Hall–Kier alpha value is -2.14. The van der Waals surface area contributed by atoms with Crippen molar-refractivity contribution in [3.8, 4) is 0 Å². The van der Waals surface area contributed by atoms with Gasteiger partial charge in [0, 0.05) is 34.0 Å². The average Bonchev–Trinajstić information content (AvgIpc) is 2.85. The molecule has 1 unspecified atom stereocenters. The zero-order chi connectivity index (χ0) is 14.1. The van der Waals surface area contributed by atoms with Crippen molar-refractivity contribution in [3.63, 3.8) is 0 Å². The summed E-state index contributed by atoms with van der Waals surface area (Å²) in [5.74, 6) is 0. The summed E-state index contributed by atoms with van der Waals surface area (Å²) >= 11 is 1.68. The molecule has 0 saturated heterocycles. The minimum Gasteiger partial charge on any atom is -0.399 e. The molecule has 0 amide bonds. The number of aromatic nitrogens is 2. The van der Waals surface area contributed by atoms with Gasteiger partial charge in [0.1, 0.15) is 5.01 Å². The van der Waals surface area contributed by atoms with E-state index in [1.165, 1.54) is 0 Å². The highest BCUT2D eigenvalue weighted by molar-refractivity contribution is 7.09. The largest absolute Gasteiger partial charge is 0.399 e. The topological polar surface area (TPSA) is 63.8 Å². The van der Waals surface area contributed by atoms with E-state index in [2.05, 4.69) is 27.6 Å². The van der Waals surface area contributed by atoms with Crippen molar-refractivity contribution < 1.29 is 0 Å². The molecule has 0 bridgehead atoms. The van der Waals surface area contributed by atoms with Crippen LogP contribution in [-0.4, -0.2) is 9.97 Å². The molecule has 5 heteroatoms. The van der Waals surface area contributed by atoms with E-state index in [1.54, 1.807) is 17.5 Å². The third kappa shape index (κ3) is 2.44. The smallest absolute Gasteiger partial charge is 0.115 e. The summed E-state index contributed by atoms with van der Waals surface area (Å²) in [7, 11) is 0. The van der Waals surface area contributed by atoms with Gasteiger partial charge in [-0.05, 0) is 38.1 Å². The van der Waals surface area contributed by atoms with Crippen molar-refractivity contribution in [2.24, 2.45) is 0 Å². The molecule has 20 heavy (non-hydrogen) atoms. The molecule has 3 aromatic rings. The van der Waals surface area contributed by atoms with Crippen molar-refractivity contribution in [2.45, 2.75) is 19.9 Å². The van der Waals surface area contributed by atoms with Gasteiger partial charge < -0.3 is 11.1 Å². The predicted octanol–water partition coefficient (Wildman–Crippen LogP) is 3.76. The van der Waals surface area contributed by atoms with E-state index in [4.69, 9.17) is 5.73 Å². The van der Waals surface area contributed by atoms with Crippen LogP contribution in [0, 0.1) is 6.92 Å². The summed E-state index contributed by atoms with van der Waals surface area (Å²) in [5.41, 5.74) is 9.54. The summed E-state index contributed by atoms with van der Waals surface area (Å²) in [4.78, 5) is 8.88. The van der Waals surface area contributed by atoms with E-state index >= 15 is 0 Å². The zero-order valence-electron chi connectivity index (χ0n) is 11.4. The van der Waals surface area contributed by atoms with Crippen LogP contribution in [0.3, 0.4) is 0 Å². The van der Waals surface area contributed by atoms with E-state index in [1.807, 2.05) is 31.2 Å². The Morgan fingerprint density at radius 2 is 2.15 bits per heavy atom. The summed E-state index contributed by atoms with van der Waals surface area (Å²) in [5, 5.41) is 7.73. The number of thiazole rings is 1. The van der Waals surface area contributed by atoms with Gasteiger partial charge in [0.25, 0.3) is 0 Å². The van der Waals surface area contributed by atoms with Crippen LogP contribution in [0.4, 0.5) is 11.4 Å². The van der Waals surface area contributed by atoms with Crippen LogP contribution in [0.25, 0.3) is 10.9 Å².